The number of benzene rings is 2. The van der Waals surface area contributed by atoms with E-state index in [1.54, 1.807) is 6.26 Å². The maximum absolute atomic E-state index is 14.1. The smallest absolute Gasteiger partial charge is 0.278 e. The third-order valence-electron chi connectivity index (χ3n) is 8.55. The lowest BCUT2D eigenvalue weighted by atomic mass is 9.80. The Labute approximate surface area is 229 Å². The molecule has 2 aliphatic heterocycles. The summed E-state index contributed by atoms with van der Waals surface area (Å²) in [6.07, 6.45) is 7.54. The summed E-state index contributed by atoms with van der Waals surface area (Å²) in [6.45, 7) is 2.92. The molecule has 3 aromatic rings. The lowest BCUT2D eigenvalue weighted by Gasteiger charge is -2.38. The number of carbonyl (C=O) groups excluding carboxylic acids is 2. The predicted octanol–water partition coefficient (Wildman–Crippen LogP) is 5.21. The average molecular weight is 527 g/mol. The molecule has 2 N–H and O–H groups in total. The Morgan fingerprint density at radius 1 is 0.949 bits per heavy atom. The van der Waals surface area contributed by atoms with Crippen molar-refractivity contribution in [2.75, 3.05) is 32.8 Å². The van der Waals surface area contributed by atoms with Crippen LogP contribution < -0.4 is 10.2 Å². The molecule has 0 bridgehead atoms. The van der Waals surface area contributed by atoms with E-state index in [0.29, 0.717) is 44.3 Å². The van der Waals surface area contributed by atoms with Crippen molar-refractivity contribution in [2.24, 2.45) is 11.7 Å². The molecule has 2 aromatic carbocycles. The van der Waals surface area contributed by atoms with Crippen LogP contribution in [0.25, 0.3) is 11.3 Å². The molecule has 1 saturated heterocycles. The number of hydrogen-bond acceptors (Lipinski definition) is 4. The molecular weight excluding hydrogens is 490 g/mol. The molecule has 1 atom stereocenters. The van der Waals surface area contributed by atoms with Crippen molar-refractivity contribution in [3.8, 4) is 0 Å². The zero-order valence-corrected chi connectivity index (χ0v) is 22.3. The minimum Gasteiger partial charge on any atom is -0.463 e. The van der Waals surface area contributed by atoms with Crippen molar-refractivity contribution in [1.29, 1.82) is 0 Å². The van der Waals surface area contributed by atoms with Gasteiger partial charge in [-0.2, -0.15) is 0 Å². The Kier molecular flexibility index (Phi) is 7.11. The number of amides is 2. The largest absolute Gasteiger partial charge is 0.463 e. The van der Waals surface area contributed by atoms with Crippen LogP contribution in [-0.4, -0.2) is 49.6 Å². The van der Waals surface area contributed by atoms with Gasteiger partial charge in [0, 0.05) is 41.4 Å². The van der Waals surface area contributed by atoms with E-state index < -0.39 is 5.91 Å². The van der Waals surface area contributed by atoms with Crippen molar-refractivity contribution < 1.29 is 18.7 Å². The zero-order valence-electron chi connectivity index (χ0n) is 22.3. The second kappa shape index (κ2) is 10.8. The number of primary amides is 1. The molecule has 7 nitrogen and oxygen atoms in total. The number of quaternary nitrogens is 1. The standard InChI is InChI=1S/C32H35N3O4/c33-32(37)25-13-14-27-28(20-25)35(21-26-12-7-17-39-26,22-29(36)34-15-18-38-19-16-34)31(24-10-5-2-6-11-24)30(27)23-8-3-1-4-9-23/h2,5-7,10-14,17,20,23H,1,3-4,8-9,15-16,18-19,21-22H2,(H-,33,37)/p+1. The van der Waals surface area contributed by atoms with Crippen LogP contribution in [0.15, 0.2) is 71.3 Å². The van der Waals surface area contributed by atoms with Crippen LogP contribution in [0.4, 0.5) is 5.69 Å². The van der Waals surface area contributed by atoms with Gasteiger partial charge in [-0.25, -0.2) is 4.48 Å². The van der Waals surface area contributed by atoms with Crippen molar-refractivity contribution in [1.82, 2.24) is 9.38 Å². The van der Waals surface area contributed by atoms with Gasteiger partial charge in [-0.05, 0) is 55.2 Å². The Morgan fingerprint density at radius 2 is 1.72 bits per heavy atom. The lowest BCUT2D eigenvalue weighted by Crippen LogP contribution is -2.54. The van der Waals surface area contributed by atoms with Crippen molar-refractivity contribution in [2.45, 2.75) is 38.6 Å². The van der Waals surface area contributed by atoms with Gasteiger partial charge in [0.15, 0.2) is 12.3 Å². The highest BCUT2D eigenvalue weighted by Gasteiger charge is 2.51. The van der Waals surface area contributed by atoms with Crippen molar-refractivity contribution in [3.63, 3.8) is 0 Å². The number of nitrogens with zero attached hydrogens (tertiary/aromatic N) is 2. The molecule has 7 heteroatoms. The molecule has 0 radical (unpaired) electrons. The van der Waals surface area contributed by atoms with Gasteiger partial charge < -0.3 is 19.8 Å². The van der Waals surface area contributed by atoms with Crippen LogP contribution in [0.3, 0.4) is 0 Å². The third-order valence-corrected chi connectivity index (χ3v) is 8.55. The minimum absolute atomic E-state index is 0.0682. The minimum atomic E-state index is -0.471. The highest BCUT2D eigenvalue weighted by molar-refractivity contribution is 6.07. The number of ether oxygens (including phenoxy) is 1. The first-order valence-corrected chi connectivity index (χ1v) is 14.1. The molecule has 6 rings (SSSR count). The molecule has 3 aliphatic rings. The van der Waals surface area contributed by atoms with E-state index in [1.165, 1.54) is 24.8 Å². The molecule has 2 fully saturated rings. The van der Waals surface area contributed by atoms with E-state index in [0.717, 1.165) is 41.1 Å². The van der Waals surface area contributed by atoms with Gasteiger partial charge in [-0.15, -0.1) is 0 Å². The first-order valence-electron chi connectivity index (χ1n) is 14.1. The zero-order chi connectivity index (χ0) is 26.8. The van der Waals surface area contributed by atoms with Crippen LogP contribution in [-0.2, 0) is 16.1 Å². The lowest BCUT2D eigenvalue weighted by molar-refractivity contribution is -0.135. The number of furan rings is 1. The summed E-state index contributed by atoms with van der Waals surface area (Å²) < 4.78 is 11.7. The summed E-state index contributed by atoms with van der Waals surface area (Å²) in [5.74, 6) is 0.764. The van der Waals surface area contributed by atoms with Crippen molar-refractivity contribution >= 4 is 28.8 Å². The van der Waals surface area contributed by atoms with Crippen LogP contribution in [0.1, 0.15) is 59.3 Å². The maximum atomic E-state index is 14.1. The summed E-state index contributed by atoms with van der Waals surface area (Å²) in [7, 11) is 0. The Hall–Kier alpha value is -3.68. The van der Waals surface area contributed by atoms with Crippen LogP contribution in [0.5, 0.6) is 0 Å². The van der Waals surface area contributed by atoms with Gasteiger partial charge >= 0.3 is 0 Å². The highest BCUT2D eigenvalue weighted by Crippen LogP contribution is 2.55. The fourth-order valence-electron chi connectivity index (χ4n) is 6.75. The highest BCUT2D eigenvalue weighted by atomic mass is 16.5. The SMILES string of the molecule is NC(=O)c1ccc2c(c1)[N+](CC(=O)N1CCOCC1)(Cc1ccco1)C(c1ccccc1)=C2C1CCCCC1. The Bertz CT molecular complexity index is 1370. The van der Waals surface area contributed by atoms with Gasteiger partial charge in [0.1, 0.15) is 17.9 Å². The molecule has 1 saturated carbocycles. The van der Waals surface area contributed by atoms with E-state index in [1.807, 2.05) is 35.2 Å². The number of carbonyl (C=O) groups is 2. The Morgan fingerprint density at radius 3 is 2.41 bits per heavy atom. The number of hydrogen-bond donors (Lipinski definition) is 1. The molecule has 1 unspecified atom stereocenters. The molecule has 1 aromatic heterocycles. The quantitative estimate of drug-likeness (QED) is 0.429. The van der Waals surface area contributed by atoms with Gasteiger partial charge in [0.05, 0.1) is 19.5 Å². The van der Waals surface area contributed by atoms with Crippen molar-refractivity contribution in [3.05, 3.63) is 89.4 Å². The molecule has 3 heterocycles. The van der Waals surface area contributed by atoms with E-state index in [4.69, 9.17) is 14.9 Å². The first kappa shape index (κ1) is 25.6. The van der Waals surface area contributed by atoms with Crippen LogP contribution in [0, 0.1) is 5.92 Å². The second-order valence-corrected chi connectivity index (χ2v) is 10.9. The summed E-state index contributed by atoms with van der Waals surface area (Å²) in [6, 6.07) is 20.1. The fourth-order valence-corrected chi connectivity index (χ4v) is 6.75. The summed E-state index contributed by atoms with van der Waals surface area (Å²) >= 11 is 0. The van der Waals surface area contributed by atoms with Crippen LogP contribution >= 0.6 is 0 Å². The fraction of sp³-hybridized carbons (Fsp3) is 0.375. The van der Waals surface area contributed by atoms with Gasteiger partial charge in [-0.3, -0.25) is 9.59 Å². The second-order valence-electron chi connectivity index (χ2n) is 10.9. The number of allylic oxidation sites excluding steroid dienone is 1. The first-order chi connectivity index (χ1) is 19.1. The van der Waals surface area contributed by atoms with Crippen LogP contribution in [0.2, 0.25) is 0 Å². The molecule has 1 aliphatic carbocycles. The van der Waals surface area contributed by atoms with Gasteiger partial charge in [-0.1, -0.05) is 37.5 Å². The van der Waals surface area contributed by atoms with E-state index in [-0.39, 0.29) is 16.9 Å². The number of fused-ring (bicyclic) bond motifs is 1. The average Bonchev–Trinajstić information content (AvgIpc) is 3.58. The third kappa shape index (κ3) is 4.81. The molecule has 202 valence electrons. The maximum Gasteiger partial charge on any atom is 0.278 e. The number of nitrogens with two attached hydrogens (primary N) is 1. The van der Waals surface area contributed by atoms with E-state index >= 15 is 0 Å². The normalized spacial score (nSPS) is 21.7. The summed E-state index contributed by atoms with van der Waals surface area (Å²) in [4.78, 5) is 28.4. The van der Waals surface area contributed by atoms with E-state index in [2.05, 4.69) is 30.3 Å². The Balaban J connectivity index is 1.61. The van der Waals surface area contributed by atoms with Gasteiger partial charge in [0.25, 0.3) is 5.91 Å². The number of rotatable bonds is 7. The number of morpholine rings is 1. The monoisotopic (exact) mass is 526 g/mol. The molecule has 2 amide bonds. The van der Waals surface area contributed by atoms with Gasteiger partial charge in [0.2, 0.25) is 5.91 Å². The topological polar surface area (TPSA) is 85.8 Å². The summed E-state index contributed by atoms with van der Waals surface area (Å²) in [5, 5.41) is 0. The van der Waals surface area contributed by atoms with E-state index in [9.17, 15) is 9.59 Å². The predicted molar refractivity (Wildman–Crippen MR) is 151 cm³/mol. The molecular formula is C32H36N3O4+. The molecule has 0 spiro atoms. The summed E-state index contributed by atoms with van der Waals surface area (Å²) in [5.41, 5.74) is 11.9. The molecule has 39 heavy (non-hydrogen) atoms.